The zero-order valence-electron chi connectivity index (χ0n) is 16.8. The van der Waals surface area contributed by atoms with Crippen molar-refractivity contribution in [3.63, 3.8) is 0 Å². The van der Waals surface area contributed by atoms with Crippen molar-refractivity contribution in [2.75, 3.05) is 11.9 Å². The van der Waals surface area contributed by atoms with Gasteiger partial charge in [0.15, 0.2) is 0 Å². The number of anilines is 1. The Bertz CT molecular complexity index is 898. The predicted molar refractivity (Wildman–Crippen MR) is 111 cm³/mol. The molecule has 3 rings (SSSR count). The first-order chi connectivity index (χ1) is 14.1. The van der Waals surface area contributed by atoms with Crippen LogP contribution >= 0.6 is 0 Å². The summed E-state index contributed by atoms with van der Waals surface area (Å²) in [7, 11) is 0. The van der Waals surface area contributed by atoms with Crippen LogP contribution in [0, 0.1) is 23.1 Å². The van der Waals surface area contributed by atoms with Crippen LogP contribution in [0.5, 0.6) is 0 Å². The van der Waals surface area contributed by atoms with E-state index < -0.39 is 5.82 Å². The molecule has 2 aromatic carbocycles. The third-order valence-electron chi connectivity index (χ3n) is 5.49. The van der Waals surface area contributed by atoms with Gasteiger partial charge in [-0.3, -0.25) is 0 Å². The van der Waals surface area contributed by atoms with Crippen LogP contribution in [0.3, 0.4) is 0 Å². The Morgan fingerprint density at radius 3 is 2.72 bits per heavy atom. The van der Waals surface area contributed by atoms with Gasteiger partial charge in [0.2, 0.25) is 0 Å². The van der Waals surface area contributed by atoms with Crippen molar-refractivity contribution >= 4 is 11.7 Å². The molecule has 152 valence electrons. The number of halogens is 1. The zero-order valence-corrected chi connectivity index (χ0v) is 16.8. The number of benzene rings is 2. The average Bonchev–Trinajstić information content (AvgIpc) is 2.74. The monoisotopic (exact) mass is 394 g/mol. The lowest BCUT2D eigenvalue weighted by Crippen LogP contribution is -2.13. The second-order valence-corrected chi connectivity index (χ2v) is 7.58. The Balaban J connectivity index is 1.81. The summed E-state index contributed by atoms with van der Waals surface area (Å²) in [5.74, 6) is -0.194. The van der Waals surface area contributed by atoms with Crippen LogP contribution in [0.4, 0.5) is 10.1 Å². The maximum Gasteiger partial charge on any atom is 0.338 e. The first kappa shape index (κ1) is 20.9. The molecule has 0 aromatic heterocycles. The highest BCUT2D eigenvalue weighted by molar-refractivity contribution is 5.90. The molecule has 1 aliphatic carbocycles. The van der Waals surface area contributed by atoms with Crippen molar-refractivity contribution in [1.82, 2.24) is 0 Å². The summed E-state index contributed by atoms with van der Waals surface area (Å²) in [4.78, 5) is 12.2. The lowest BCUT2D eigenvalue weighted by molar-refractivity contribution is 0.0526. The first-order valence-corrected chi connectivity index (χ1v) is 10.3. The Hall–Kier alpha value is -2.87. The minimum atomic E-state index is -0.515. The number of hydrogen-bond acceptors (Lipinski definition) is 4. The molecule has 2 aromatic rings. The fourth-order valence-corrected chi connectivity index (χ4v) is 3.93. The summed E-state index contributed by atoms with van der Waals surface area (Å²) in [6.07, 6.45) is 7.32. The van der Waals surface area contributed by atoms with Gasteiger partial charge in [0, 0.05) is 12.2 Å². The zero-order chi connectivity index (χ0) is 20.6. The molecular formula is C24H27FN2O2. The SMILES string of the molecule is CCOC(=O)c1ccc(CC2CCCCC2)c(NCc2ccc(F)c(C#N)c2)c1. The maximum atomic E-state index is 13.6. The Morgan fingerprint density at radius 1 is 1.21 bits per heavy atom. The summed E-state index contributed by atoms with van der Waals surface area (Å²) in [6.45, 7) is 2.56. The van der Waals surface area contributed by atoms with E-state index in [0.717, 1.165) is 17.7 Å². The number of nitrogens with one attached hydrogen (secondary N) is 1. The second-order valence-electron chi connectivity index (χ2n) is 7.58. The molecule has 0 atom stereocenters. The third kappa shape index (κ3) is 5.57. The van der Waals surface area contributed by atoms with Crippen LogP contribution in [-0.4, -0.2) is 12.6 Å². The first-order valence-electron chi connectivity index (χ1n) is 10.3. The smallest absolute Gasteiger partial charge is 0.338 e. The van der Waals surface area contributed by atoms with Crippen molar-refractivity contribution in [2.45, 2.75) is 52.0 Å². The van der Waals surface area contributed by atoms with Crippen molar-refractivity contribution in [1.29, 1.82) is 5.26 Å². The van der Waals surface area contributed by atoms with Crippen molar-refractivity contribution in [2.24, 2.45) is 5.92 Å². The number of nitriles is 1. The van der Waals surface area contributed by atoms with E-state index in [-0.39, 0.29) is 11.5 Å². The van der Waals surface area contributed by atoms with Crippen molar-refractivity contribution in [3.8, 4) is 6.07 Å². The van der Waals surface area contributed by atoms with E-state index in [1.165, 1.54) is 43.7 Å². The molecule has 1 N–H and O–H groups in total. The van der Waals surface area contributed by atoms with Gasteiger partial charge in [0.25, 0.3) is 0 Å². The summed E-state index contributed by atoms with van der Waals surface area (Å²) in [5.41, 5.74) is 3.43. The van der Waals surface area contributed by atoms with Crippen molar-refractivity contribution < 1.29 is 13.9 Å². The average molecular weight is 394 g/mol. The maximum absolute atomic E-state index is 13.6. The summed E-state index contributed by atoms with van der Waals surface area (Å²) < 4.78 is 18.7. The van der Waals surface area contributed by atoms with Gasteiger partial charge in [0.1, 0.15) is 11.9 Å². The Labute approximate surface area is 171 Å². The van der Waals surface area contributed by atoms with Gasteiger partial charge in [-0.05, 0) is 54.7 Å². The molecule has 1 aliphatic rings. The molecule has 1 fully saturated rings. The molecule has 1 saturated carbocycles. The second kappa shape index (κ2) is 10.1. The molecule has 0 unspecified atom stereocenters. The topological polar surface area (TPSA) is 62.1 Å². The van der Waals surface area contributed by atoms with E-state index in [1.54, 1.807) is 19.1 Å². The van der Waals surface area contributed by atoms with Crippen LogP contribution in [0.25, 0.3) is 0 Å². The molecule has 4 nitrogen and oxygen atoms in total. The summed E-state index contributed by atoms with van der Waals surface area (Å²) >= 11 is 0. The number of rotatable bonds is 7. The van der Waals surface area contributed by atoms with Gasteiger partial charge in [0.05, 0.1) is 17.7 Å². The molecule has 0 amide bonds. The Kier molecular flexibility index (Phi) is 7.24. The standard InChI is InChI=1S/C24H27FN2O2/c1-2-29-24(28)20-10-9-19(12-17-6-4-3-5-7-17)23(14-20)27-16-18-8-11-22(25)21(13-18)15-26/h8-11,13-14,17,27H,2-7,12,16H2,1H3. The van der Waals surface area contributed by atoms with E-state index >= 15 is 0 Å². The van der Waals surface area contributed by atoms with Crippen LogP contribution in [0.2, 0.25) is 0 Å². The fraction of sp³-hybridized carbons (Fsp3) is 0.417. The minimum absolute atomic E-state index is 0.0343. The molecule has 0 radical (unpaired) electrons. The fourth-order valence-electron chi connectivity index (χ4n) is 3.93. The predicted octanol–water partition coefficient (Wildman–Crippen LogP) is 5.61. The number of esters is 1. The third-order valence-corrected chi connectivity index (χ3v) is 5.49. The number of nitrogens with zero attached hydrogens (tertiary/aromatic N) is 1. The largest absolute Gasteiger partial charge is 0.462 e. The van der Waals surface area contributed by atoms with E-state index in [4.69, 9.17) is 10.00 Å². The minimum Gasteiger partial charge on any atom is -0.462 e. The Morgan fingerprint density at radius 2 is 2.00 bits per heavy atom. The van der Waals surface area contributed by atoms with Gasteiger partial charge in [-0.1, -0.05) is 44.2 Å². The van der Waals surface area contributed by atoms with Crippen LogP contribution in [0.1, 0.15) is 66.1 Å². The molecule has 0 spiro atoms. The van der Waals surface area contributed by atoms with E-state index in [1.807, 2.05) is 24.3 Å². The molecular weight excluding hydrogens is 367 g/mol. The van der Waals surface area contributed by atoms with Crippen LogP contribution in [0.15, 0.2) is 36.4 Å². The quantitative estimate of drug-likeness (QED) is 0.620. The van der Waals surface area contributed by atoms with E-state index in [9.17, 15) is 9.18 Å². The summed E-state index contributed by atoms with van der Waals surface area (Å²) in [5, 5.41) is 12.4. The van der Waals surface area contributed by atoms with Gasteiger partial charge in [-0.2, -0.15) is 5.26 Å². The summed E-state index contributed by atoms with van der Waals surface area (Å²) in [6, 6.07) is 12.1. The van der Waals surface area contributed by atoms with Crippen LogP contribution < -0.4 is 5.32 Å². The van der Waals surface area contributed by atoms with E-state index in [2.05, 4.69) is 5.32 Å². The molecule has 0 bridgehead atoms. The van der Waals surface area contributed by atoms with Gasteiger partial charge in [-0.25, -0.2) is 9.18 Å². The van der Waals surface area contributed by atoms with Crippen molar-refractivity contribution in [3.05, 3.63) is 64.5 Å². The van der Waals surface area contributed by atoms with Crippen LogP contribution in [-0.2, 0) is 17.7 Å². The van der Waals surface area contributed by atoms with Gasteiger partial charge in [-0.15, -0.1) is 0 Å². The number of carbonyl (C=O) groups is 1. The molecule has 5 heteroatoms. The molecule has 0 heterocycles. The highest BCUT2D eigenvalue weighted by Gasteiger charge is 2.17. The van der Waals surface area contributed by atoms with Gasteiger partial charge >= 0.3 is 5.97 Å². The molecule has 29 heavy (non-hydrogen) atoms. The lowest BCUT2D eigenvalue weighted by Gasteiger charge is -2.23. The van der Waals surface area contributed by atoms with E-state index in [0.29, 0.717) is 24.6 Å². The van der Waals surface area contributed by atoms with Gasteiger partial charge < -0.3 is 10.1 Å². The lowest BCUT2D eigenvalue weighted by atomic mass is 9.84. The number of ether oxygens (including phenoxy) is 1. The molecule has 0 aliphatic heterocycles. The highest BCUT2D eigenvalue weighted by atomic mass is 19.1. The number of hydrogen-bond donors (Lipinski definition) is 1. The highest BCUT2D eigenvalue weighted by Crippen LogP contribution is 2.30. The molecule has 0 saturated heterocycles. The number of carbonyl (C=O) groups excluding carboxylic acids is 1. The normalized spacial score (nSPS) is 14.2.